The summed E-state index contributed by atoms with van der Waals surface area (Å²) < 4.78 is 42.5. The van der Waals surface area contributed by atoms with E-state index in [1.807, 2.05) is 0 Å². The van der Waals surface area contributed by atoms with Crippen molar-refractivity contribution >= 4 is 27.8 Å². The summed E-state index contributed by atoms with van der Waals surface area (Å²) in [5.41, 5.74) is -1.18. The molecular formula is C13H13BrF3N3O2. The molecule has 22 heavy (non-hydrogen) atoms. The fraction of sp³-hybridized carbons (Fsp3) is 0.385. The Morgan fingerprint density at radius 1 is 1.41 bits per heavy atom. The van der Waals surface area contributed by atoms with E-state index in [-0.39, 0.29) is 18.5 Å². The number of alkyl halides is 4. The van der Waals surface area contributed by atoms with Crippen LogP contribution in [0.25, 0.3) is 0 Å². The normalized spacial score (nSPS) is 22.3. The van der Waals surface area contributed by atoms with Gasteiger partial charge in [-0.25, -0.2) is 9.69 Å². The lowest BCUT2D eigenvalue weighted by molar-refractivity contribution is -0.142. The molecule has 0 aliphatic carbocycles. The van der Waals surface area contributed by atoms with Crippen LogP contribution in [-0.2, 0) is 6.18 Å². The average Bonchev–Trinajstić information content (AvgIpc) is 2.98. The molecule has 1 aliphatic rings. The summed E-state index contributed by atoms with van der Waals surface area (Å²) in [5, 5.41) is 2.97. The van der Waals surface area contributed by atoms with E-state index in [0.29, 0.717) is 12.5 Å². The summed E-state index contributed by atoms with van der Waals surface area (Å²) in [4.78, 5) is 14.4. The van der Waals surface area contributed by atoms with Crippen LogP contribution in [0.4, 0.5) is 23.8 Å². The minimum absolute atomic E-state index is 0.260. The van der Waals surface area contributed by atoms with Gasteiger partial charge in [0, 0.05) is 12.6 Å². The number of nitrogens with zero attached hydrogens (tertiary/aromatic N) is 3. The Kier molecular flexibility index (Phi) is 4.64. The van der Waals surface area contributed by atoms with Crippen LogP contribution in [0, 0.1) is 0 Å². The van der Waals surface area contributed by atoms with Crippen molar-refractivity contribution in [3.05, 3.63) is 37.1 Å². The van der Waals surface area contributed by atoms with Gasteiger partial charge in [-0.2, -0.15) is 13.2 Å². The molecule has 120 valence electrons. The van der Waals surface area contributed by atoms with Crippen molar-refractivity contribution in [2.45, 2.75) is 23.6 Å². The molecule has 2 rings (SSSR count). The second-order valence-electron chi connectivity index (χ2n) is 4.61. The molecule has 0 saturated carbocycles. The number of rotatable bonds is 5. The number of aromatic nitrogens is 1. The van der Waals surface area contributed by atoms with Gasteiger partial charge in [-0.05, 0) is 6.42 Å². The smallest absolute Gasteiger partial charge is 0.338 e. The highest BCUT2D eigenvalue weighted by Crippen LogP contribution is 2.37. The maximum Gasteiger partial charge on any atom is 0.436 e. The Hall–Kier alpha value is -1.77. The topological polar surface area (TPSA) is 49.6 Å². The Morgan fingerprint density at radius 3 is 2.59 bits per heavy atom. The predicted octanol–water partition coefficient (Wildman–Crippen LogP) is 3.79. The van der Waals surface area contributed by atoms with Gasteiger partial charge >= 0.3 is 12.2 Å². The zero-order valence-electron chi connectivity index (χ0n) is 11.4. The van der Waals surface area contributed by atoms with Gasteiger partial charge in [-0.15, -0.1) is 13.2 Å². The van der Waals surface area contributed by atoms with Crippen molar-refractivity contribution in [2.24, 2.45) is 0 Å². The second kappa shape index (κ2) is 6.15. The van der Waals surface area contributed by atoms with E-state index in [1.165, 1.54) is 4.90 Å². The van der Waals surface area contributed by atoms with Gasteiger partial charge in [0.15, 0.2) is 5.69 Å². The molecule has 2 unspecified atom stereocenters. The highest BCUT2D eigenvalue weighted by molar-refractivity contribution is 9.09. The minimum Gasteiger partial charge on any atom is -0.338 e. The predicted molar refractivity (Wildman–Crippen MR) is 77.6 cm³/mol. The quantitative estimate of drug-likeness (QED) is 0.444. The molecule has 5 nitrogen and oxygen atoms in total. The van der Waals surface area contributed by atoms with Gasteiger partial charge in [0.25, 0.3) is 0 Å². The van der Waals surface area contributed by atoms with E-state index in [1.54, 1.807) is 12.2 Å². The first kappa shape index (κ1) is 16.6. The molecular weight excluding hydrogens is 367 g/mol. The van der Waals surface area contributed by atoms with Crippen LogP contribution >= 0.6 is 15.9 Å². The van der Waals surface area contributed by atoms with E-state index in [2.05, 4.69) is 34.2 Å². The zero-order valence-corrected chi connectivity index (χ0v) is 13.0. The maximum atomic E-state index is 12.6. The van der Waals surface area contributed by atoms with Crippen LogP contribution in [-0.4, -0.2) is 33.6 Å². The number of anilines is 1. The lowest BCUT2D eigenvalue weighted by atomic mass is 10.2. The monoisotopic (exact) mass is 379 g/mol. The zero-order chi connectivity index (χ0) is 16.5. The molecule has 9 heteroatoms. The molecule has 1 aromatic heterocycles. The first-order chi connectivity index (χ1) is 10.3. The molecule has 2 amide bonds. The molecule has 0 N–H and O–H groups in total. The molecule has 2 atom stereocenters. The van der Waals surface area contributed by atoms with Crippen LogP contribution in [0.5, 0.6) is 0 Å². The Balaban J connectivity index is 2.34. The van der Waals surface area contributed by atoms with Crippen molar-refractivity contribution in [2.75, 3.05) is 11.4 Å². The highest BCUT2D eigenvalue weighted by Gasteiger charge is 2.46. The number of amides is 2. The number of carbonyl (C=O) groups excluding carboxylic acids is 1. The number of urea groups is 1. The minimum atomic E-state index is -4.63. The van der Waals surface area contributed by atoms with Crippen LogP contribution < -0.4 is 4.90 Å². The molecule has 0 aromatic carbocycles. The van der Waals surface area contributed by atoms with Crippen molar-refractivity contribution < 1.29 is 22.5 Å². The summed E-state index contributed by atoms with van der Waals surface area (Å²) in [7, 11) is 0. The molecule has 1 fully saturated rings. The molecule has 1 aliphatic heterocycles. The van der Waals surface area contributed by atoms with Gasteiger partial charge in [0.1, 0.15) is 4.95 Å². The fourth-order valence-electron chi connectivity index (χ4n) is 2.20. The van der Waals surface area contributed by atoms with E-state index in [9.17, 15) is 18.0 Å². The molecule has 0 bridgehead atoms. The van der Waals surface area contributed by atoms with Gasteiger partial charge in [-0.3, -0.25) is 0 Å². The van der Waals surface area contributed by atoms with E-state index in [4.69, 9.17) is 4.52 Å². The van der Waals surface area contributed by atoms with Gasteiger partial charge < -0.3 is 9.42 Å². The fourth-order valence-corrected chi connectivity index (χ4v) is 3.08. The summed E-state index contributed by atoms with van der Waals surface area (Å²) in [6.45, 7) is 7.46. The third-order valence-corrected chi connectivity index (χ3v) is 4.20. The standard InChI is InChI=1S/C13H13BrF3N3O2/c1-3-5-8-11(14)20(12(21)19(8)6-4-2)10-7-9(18-22-10)13(15,16)17/h3-4,7-8,11H,1-2,5-6H2. The van der Waals surface area contributed by atoms with Crippen molar-refractivity contribution in [1.29, 1.82) is 0 Å². The lowest BCUT2D eigenvalue weighted by Crippen LogP contribution is -2.35. The van der Waals surface area contributed by atoms with Crippen LogP contribution in [0.2, 0.25) is 0 Å². The molecule has 0 spiro atoms. The Bertz CT molecular complexity index is 587. The number of halogens is 4. The van der Waals surface area contributed by atoms with Crippen LogP contribution in [0.1, 0.15) is 12.1 Å². The maximum absolute atomic E-state index is 12.6. The third kappa shape index (κ3) is 2.90. The van der Waals surface area contributed by atoms with Crippen molar-refractivity contribution in [3.63, 3.8) is 0 Å². The van der Waals surface area contributed by atoms with Crippen LogP contribution in [0.15, 0.2) is 35.9 Å². The molecule has 1 aromatic rings. The first-order valence-corrected chi connectivity index (χ1v) is 7.22. The molecule has 1 saturated heterocycles. The van der Waals surface area contributed by atoms with Crippen LogP contribution in [0.3, 0.4) is 0 Å². The number of hydrogen-bond acceptors (Lipinski definition) is 3. The lowest BCUT2D eigenvalue weighted by Gasteiger charge is -2.21. The van der Waals surface area contributed by atoms with Crippen molar-refractivity contribution in [3.8, 4) is 0 Å². The largest absolute Gasteiger partial charge is 0.436 e. The van der Waals surface area contributed by atoms with E-state index < -0.39 is 22.9 Å². The number of carbonyl (C=O) groups is 1. The Labute approximate surface area is 133 Å². The number of hydrogen-bond donors (Lipinski definition) is 0. The van der Waals surface area contributed by atoms with Gasteiger partial charge in [0.05, 0.1) is 6.04 Å². The summed E-state index contributed by atoms with van der Waals surface area (Å²) >= 11 is 3.33. The van der Waals surface area contributed by atoms with E-state index >= 15 is 0 Å². The Morgan fingerprint density at radius 2 is 2.09 bits per heavy atom. The average molecular weight is 380 g/mol. The SMILES string of the molecule is C=CCC1C(Br)N(c2cc(C(F)(F)F)no2)C(=O)N1CC=C. The first-order valence-electron chi connectivity index (χ1n) is 6.30. The second-order valence-corrected chi connectivity index (χ2v) is 5.54. The summed E-state index contributed by atoms with van der Waals surface area (Å²) in [6.07, 6.45) is -0.994. The third-order valence-electron chi connectivity index (χ3n) is 3.18. The summed E-state index contributed by atoms with van der Waals surface area (Å²) in [5.74, 6) is -0.264. The van der Waals surface area contributed by atoms with Crippen molar-refractivity contribution in [1.82, 2.24) is 10.1 Å². The highest BCUT2D eigenvalue weighted by atomic mass is 79.9. The van der Waals surface area contributed by atoms with Gasteiger partial charge in [0.2, 0.25) is 5.88 Å². The molecule has 0 radical (unpaired) electrons. The van der Waals surface area contributed by atoms with Gasteiger partial charge in [-0.1, -0.05) is 33.2 Å². The van der Waals surface area contributed by atoms with E-state index in [0.717, 1.165) is 4.90 Å². The summed E-state index contributed by atoms with van der Waals surface area (Å²) in [6, 6.07) is -0.0879. The molecule has 2 heterocycles.